The van der Waals surface area contributed by atoms with Gasteiger partial charge < -0.3 is 10.1 Å². The highest BCUT2D eigenvalue weighted by molar-refractivity contribution is 7.98. The van der Waals surface area contributed by atoms with Crippen LogP contribution in [-0.2, 0) is 14.3 Å². The average Bonchev–Trinajstić information content (AvgIpc) is 2.69. The van der Waals surface area contributed by atoms with E-state index < -0.39 is 18.0 Å². The van der Waals surface area contributed by atoms with Gasteiger partial charge in [-0.15, -0.1) is 11.8 Å². The van der Waals surface area contributed by atoms with E-state index in [1.54, 1.807) is 49.0 Å². The molecule has 1 N–H and O–H groups in total. The molecule has 2 aromatic carbocycles. The van der Waals surface area contributed by atoms with Crippen molar-refractivity contribution >= 4 is 46.7 Å². The minimum Gasteiger partial charge on any atom is -0.453 e. The first kappa shape index (κ1) is 22.0. The minimum atomic E-state index is -0.984. The van der Waals surface area contributed by atoms with Crippen molar-refractivity contribution in [1.82, 2.24) is 0 Å². The van der Waals surface area contributed by atoms with E-state index in [4.69, 9.17) is 16.3 Å². The lowest BCUT2D eigenvalue weighted by molar-refractivity contribution is -0.153. The van der Waals surface area contributed by atoms with Crippen molar-refractivity contribution in [3.05, 3.63) is 58.6 Å². The van der Waals surface area contributed by atoms with Gasteiger partial charge in [0.15, 0.2) is 11.9 Å². The van der Waals surface area contributed by atoms with Crippen LogP contribution in [0.5, 0.6) is 0 Å². The van der Waals surface area contributed by atoms with Gasteiger partial charge in [0.2, 0.25) is 0 Å². The minimum absolute atomic E-state index is 0.0270. The number of halogens is 1. The molecule has 5 nitrogen and oxygen atoms in total. The van der Waals surface area contributed by atoms with Crippen LogP contribution in [0.1, 0.15) is 35.7 Å². The highest BCUT2D eigenvalue weighted by Crippen LogP contribution is 2.23. The number of anilines is 1. The van der Waals surface area contributed by atoms with E-state index >= 15 is 0 Å². The third-order valence-electron chi connectivity index (χ3n) is 4.17. The molecule has 0 saturated heterocycles. The number of thioether (sulfide) groups is 1. The number of ether oxygens (including phenoxy) is 1. The Morgan fingerprint density at radius 1 is 1.11 bits per heavy atom. The number of hydrogen-bond donors (Lipinski definition) is 1. The molecule has 0 bridgehead atoms. The van der Waals surface area contributed by atoms with Crippen molar-refractivity contribution < 1.29 is 19.1 Å². The maximum atomic E-state index is 12.2. The van der Waals surface area contributed by atoms with Gasteiger partial charge in [-0.05, 0) is 49.9 Å². The van der Waals surface area contributed by atoms with E-state index in [0.717, 1.165) is 10.5 Å². The molecule has 28 heavy (non-hydrogen) atoms. The fourth-order valence-corrected chi connectivity index (χ4v) is 3.01. The average molecular weight is 420 g/mol. The molecule has 1 atom stereocenters. The number of rotatable bonds is 8. The molecule has 0 radical (unpaired) electrons. The first-order valence-corrected chi connectivity index (χ1v) is 10.3. The number of hydrogen-bond acceptors (Lipinski definition) is 5. The molecule has 0 aliphatic rings. The number of carbonyl (C=O) groups excluding carboxylic acids is 3. The van der Waals surface area contributed by atoms with Gasteiger partial charge in [0.25, 0.3) is 5.91 Å². The largest absolute Gasteiger partial charge is 0.453 e. The van der Waals surface area contributed by atoms with Gasteiger partial charge in [0.1, 0.15) is 0 Å². The van der Waals surface area contributed by atoms with E-state index in [-0.39, 0.29) is 18.6 Å². The van der Waals surface area contributed by atoms with Crippen LogP contribution in [0.2, 0.25) is 5.02 Å². The number of amides is 1. The third kappa shape index (κ3) is 6.11. The van der Waals surface area contributed by atoms with Crippen LogP contribution in [0.4, 0.5) is 5.69 Å². The van der Waals surface area contributed by atoms with Crippen LogP contribution in [-0.4, -0.2) is 30.0 Å². The zero-order valence-electron chi connectivity index (χ0n) is 16.0. The Hall–Kier alpha value is -2.31. The monoisotopic (exact) mass is 419 g/mol. The summed E-state index contributed by atoms with van der Waals surface area (Å²) >= 11 is 7.62. The maximum Gasteiger partial charge on any atom is 0.307 e. The van der Waals surface area contributed by atoms with Crippen molar-refractivity contribution in [2.75, 3.05) is 11.6 Å². The molecule has 2 rings (SSSR count). The Morgan fingerprint density at radius 2 is 1.79 bits per heavy atom. The quantitative estimate of drug-likeness (QED) is 0.374. The molecule has 0 aromatic heterocycles. The number of benzene rings is 2. The summed E-state index contributed by atoms with van der Waals surface area (Å²) in [6.07, 6.45) is 0.912. The van der Waals surface area contributed by atoms with Gasteiger partial charge in [-0.3, -0.25) is 14.4 Å². The zero-order chi connectivity index (χ0) is 20.7. The summed E-state index contributed by atoms with van der Waals surface area (Å²) < 4.78 is 5.14. The molecule has 0 saturated carbocycles. The normalized spacial score (nSPS) is 11.6. The maximum absolute atomic E-state index is 12.2. The SMILES string of the molecule is CSc1ccc(C(=O)CCC(=O)O[C@H](C)C(=O)Nc2cccc(Cl)c2C)cc1. The summed E-state index contributed by atoms with van der Waals surface area (Å²) in [5.41, 5.74) is 1.84. The van der Waals surface area contributed by atoms with Crippen LogP contribution >= 0.6 is 23.4 Å². The van der Waals surface area contributed by atoms with Crippen molar-refractivity contribution in [3.63, 3.8) is 0 Å². The van der Waals surface area contributed by atoms with E-state index in [1.165, 1.54) is 6.92 Å². The van der Waals surface area contributed by atoms with Gasteiger partial charge >= 0.3 is 5.97 Å². The van der Waals surface area contributed by atoms with Crippen molar-refractivity contribution in [2.45, 2.75) is 37.7 Å². The molecule has 0 unspecified atom stereocenters. The Morgan fingerprint density at radius 3 is 2.43 bits per heavy atom. The summed E-state index contributed by atoms with van der Waals surface area (Å²) in [6.45, 7) is 3.27. The summed E-state index contributed by atoms with van der Waals surface area (Å²) in [7, 11) is 0. The summed E-state index contributed by atoms with van der Waals surface area (Å²) in [5.74, 6) is -1.20. The smallest absolute Gasteiger partial charge is 0.307 e. The van der Waals surface area contributed by atoms with E-state index in [9.17, 15) is 14.4 Å². The standard InChI is InChI=1S/C21H22ClNO4S/c1-13-17(22)5-4-6-18(13)23-21(26)14(2)27-20(25)12-11-19(24)15-7-9-16(28-3)10-8-15/h4-10,14H,11-12H2,1-3H3,(H,23,26)/t14-/m1/s1. The number of nitrogens with one attached hydrogen (secondary N) is 1. The predicted molar refractivity (Wildman–Crippen MR) is 112 cm³/mol. The van der Waals surface area contributed by atoms with Crippen molar-refractivity contribution in [1.29, 1.82) is 0 Å². The fourth-order valence-electron chi connectivity index (χ4n) is 2.42. The molecule has 7 heteroatoms. The van der Waals surface area contributed by atoms with Crippen LogP contribution in [0.25, 0.3) is 0 Å². The first-order chi connectivity index (χ1) is 13.3. The Bertz CT molecular complexity index is 867. The van der Waals surface area contributed by atoms with Crippen LogP contribution < -0.4 is 5.32 Å². The fraction of sp³-hybridized carbons (Fsp3) is 0.286. The molecule has 1 amide bonds. The predicted octanol–water partition coefficient (Wildman–Crippen LogP) is 4.90. The van der Waals surface area contributed by atoms with Crippen molar-refractivity contribution in [2.24, 2.45) is 0 Å². The van der Waals surface area contributed by atoms with Crippen molar-refractivity contribution in [3.8, 4) is 0 Å². The van der Waals surface area contributed by atoms with E-state index in [0.29, 0.717) is 16.3 Å². The van der Waals surface area contributed by atoms with E-state index in [1.807, 2.05) is 18.4 Å². The van der Waals surface area contributed by atoms with Gasteiger partial charge in [-0.25, -0.2) is 0 Å². The summed E-state index contributed by atoms with van der Waals surface area (Å²) in [5, 5.41) is 3.22. The Kier molecular flexibility index (Phi) is 8.08. The number of ketones is 1. The lowest BCUT2D eigenvalue weighted by Gasteiger charge is -2.15. The van der Waals surface area contributed by atoms with Gasteiger partial charge in [-0.1, -0.05) is 29.8 Å². The number of esters is 1. The number of Topliss-reactive ketones (excluding diaryl/α,β-unsaturated/α-hetero) is 1. The number of carbonyl (C=O) groups is 3. The molecule has 0 heterocycles. The second-order valence-corrected chi connectivity index (χ2v) is 7.47. The molecular formula is C21H22ClNO4S. The lowest BCUT2D eigenvalue weighted by Crippen LogP contribution is -2.30. The molecule has 148 valence electrons. The molecule has 2 aromatic rings. The van der Waals surface area contributed by atoms with Crippen LogP contribution in [0.15, 0.2) is 47.4 Å². The Labute approximate surface area is 173 Å². The lowest BCUT2D eigenvalue weighted by atomic mass is 10.1. The molecule has 0 fully saturated rings. The summed E-state index contributed by atoms with van der Waals surface area (Å²) in [6, 6.07) is 12.4. The highest BCUT2D eigenvalue weighted by Gasteiger charge is 2.19. The topological polar surface area (TPSA) is 72.5 Å². The molecule has 0 aliphatic carbocycles. The second kappa shape index (κ2) is 10.3. The summed E-state index contributed by atoms with van der Waals surface area (Å²) in [4.78, 5) is 37.5. The zero-order valence-corrected chi connectivity index (χ0v) is 17.5. The van der Waals surface area contributed by atoms with Gasteiger partial charge in [0.05, 0.1) is 6.42 Å². The van der Waals surface area contributed by atoms with Gasteiger partial charge in [0, 0.05) is 27.6 Å². The second-order valence-electron chi connectivity index (χ2n) is 6.19. The third-order valence-corrected chi connectivity index (χ3v) is 5.32. The van der Waals surface area contributed by atoms with E-state index in [2.05, 4.69) is 5.32 Å². The van der Waals surface area contributed by atoms with Crippen LogP contribution in [0.3, 0.4) is 0 Å². The highest BCUT2D eigenvalue weighted by atomic mass is 35.5. The molecule has 0 aliphatic heterocycles. The first-order valence-electron chi connectivity index (χ1n) is 8.74. The molecular weight excluding hydrogens is 398 g/mol. The molecule has 0 spiro atoms. The Balaban J connectivity index is 1.83. The van der Waals surface area contributed by atoms with Gasteiger partial charge in [-0.2, -0.15) is 0 Å². The van der Waals surface area contributed by atoms with Crippen LogP contribution in [0, 0.1) is 6.92 Å².